The van der Waals surface area contributed by atoms with Gasteiger partial charge in [-0.05, 0) is 35.5 Å². The molecule has 2 rings (SSSR count). The Morgan fingerprint density at radius 2 is 1.42 bits per heavy atom. The van der Waals surface area contributed by atoms with Crippen LogP contribution in [0.3, 0.4) is 0 Å². The number of carbonyl (C=O) groups excluding carboxylic acids is 2. The first-order chi connectivity index (χ1) is 17.7. The summed E-state index contributed by atoms with van der Waals surface area (Å²) in [6.07, 6.45) is -5.64. The standard InChI is InChI=1S/C28H46O9Si/c1-19(2)15-32-26(29)36-23-22(18-34-38(8,9)28(5,6)7)35-25(31-17-21-13-11-10-12-14-21)24(23)37-27(30)33-16-20(3)4/h10-14,19-20,22-25H,15-18H2,1-9H3/t22-,23-,24-,25?/m1/s1. The molecular formula is C28H46O9Si. The van der Waals surface area contributed by atoms with Gasteiger partial charge in [0.05, 0.1) is 26.4 Å². The van der Waals surface area contributed by atoms with Gasteiger partial charge in [-0.3, -0.25) is 0 Å². The molecule has 0 N–H and O–H groups in total. The molecular weight excluding hydrogens is 508 g/mol. The first kappa shape index (κ1) is 32.1. The van der Waals surface area contributed by atoms with Gasteiger partial charge in [-0.15, -0.1) is 0 Å². The third-order valence-corrected chi connectivity index (χ3v) is 11.0. The number of ether oxygens (including phenoxy) is 6. The van der Waals surface area contributed by atoms with Gasteiger partial charge in [0.1, 0.15) is 6.10 Å². The maximum Gasteiger partial charge on any atom is 0.508 e. The highest BCUT2D eigenvalue weighted by atomic mass is 28.4. The number of benzene rings is 1. The quantitative estimate of drug-likeness (QED) is 0.217. The van der Waals surface area contributed by atoms with Crippen molar-refractivity contribution in [1.29, 1.82) is 0 Å². The summed E-state index contributed by atoms with van der Waals surface area (Å²) in [5, 5.41) is -0.0437. The maximum absolute atomic E-state index is 12.6. The van der Waals surface area contributed by atoms with Crippen molar-refractivity contribution in [1.82, 2.24) is 0 Å². The Balaban J connectivity index is 2.27. The molecule has 1 aromatic rings. The van der Waals surface area contributed by atoms with E-state index in [1.54, 1.807) is 0 Å². The summed E-state index contributed by atoms with van der Waals surface area (Å²) in [5.41, 5.74) is 0.909. The molecule has 0 saturated carbocycles. The Morgan fingerprint density at radius 3 is 1.92 bits per heavy atom. The summed E-state index contributed by atoms with van der Waals surface area (Å²) in [6.45, 7) is 19.0. The number of hydrogen-bond donors (Lipinski definition) is 0. The monoisotopic (exact) mass is 554 g/mol. The number of hydrogen-bond acceptors (Lipinski definition) is 9. The van der Waals surface area contributed by atoms with Crippen molar-refractivity contribution in [2.75, 3.05) is 19.8 Å². The Labute approximate surface area is 228 Å². The minimum atomic E-state index is -2.17. The van der Waals surface area contributed by atoms with Crippen LogP contribution in [0.5, 0.6) is 0 Å². The first-order valence-electron chi connectivity index (χ1n) is 13.3. The molecule has 1 aliphatic heterocycles. The molecule has 0 bridgehead atoms. The molecule has 1 fully saturated rings. The van der Waals surface area contributed by atoms with E-state index < -0.39 is 45.2 Å². The van der Waals surface area contributed by atoms with Gasteiger partial charge >= 0.3 is 12.3 Å². The van der Waals surface area contributed by atoms with E-state index in [1.165, 1.54) is 0 Å². The molecule has 10 heteroatoms. The van der Waals surface area contributed by atoms with Gasteiger partial charge in [-0.2, -0.15) is 0 Å². The summed E-state index contributed by atoms with van der Waals surface area (Å²) in [5.74, 6) is 0.247. The first-order valence-corrected chi connectivity index (χ1v) is 16.2. The summed E-state index contributed by atoms with van der Waals surface area (Å²) in [7, 11) is -2.17. The second kappa shape index (κ2) is 14.3. The smallest absolute Gasteiger partial charge is 0.434 e. The van der Waals surface area contributed by atoms with Crippen LogP contribution in [0.15, 0.2) is 30.3 Å². The summed E-state index contributed by atoms with van der Waals surface area (Å²) < 4.78 is 40.4. The normalized spacial score (nSPS) is 22.0. The third-order valence-electron chi connectivity index (χ3n) is 6.47. The lowest BCUT2D eigenvalue weighted by Gasteiger charge is -2.37. The molecule has 216 valence electrons. The van der Waals surface area contributed by atoms with Crippen molar-refractivity contribution >= 4 is 20.6 Å². The van der Waals surface area contributed by atoms with Crippen molar-refractivity contribution in [3.05, 3.63) is 35.9 Å². The minimum absolute atomic E-state index is 0.0437. The van der Waals surface area contributed by atoms with Gasteiger partial charge in [0.2, 0.25) is 0 Å². The summed E-state index contributed by atoms with van der Waals surface area (Å²) in [6, 6.07) is 9.54. The van der Waals surface area contributed by atoms with Crippen molar-refractivity contribution in [2.24, 2.45) is 11.8 Å². The highest BCUT2D eigenvalue weighted by Gasteiger charge is 2.52. The van der Waals surface area contributed by atoms with Gasteiger partial charge < -0.3 is 32.8 Å². The van der Waals surface area contributed by atoms with E-state index >= 15 is 0 Å². The SMILES string of the molecule is CC(C)COC(=O)O[C@@H]1[C@@H](CO[Si](C)(C)C(C)(C)C)OC(OCc2ccccc2)[C@@H]1OC(=O)OCC(C)C. The highest BCUT2D eigenvalue weighted by Crippen LogP contribution is 2.38. The number of rotatable bonds is 12. The van der Waals surface area contributed by atoms with Crippen LogP contribution in [-0.2, 0) is 39.5 Å². The van der Waals surface area contributed by atoms with Gasteiger partial charge in [0, 0.05) is 0 Å². The predicted molar refractivity (Wildman–Crippen MR) is 145 cm³/mol. The average molecular weight is 555 g/mol. The summed E-state index contributed by atoms with van der Waals surface area (Å²) >= 11 is 0. The van der Waals surface area contributed by atoms with Gasteiger partial charge in [0.25, 0.3) is 0 Å². The van der Waals surface area contributed by atoms with E-state index in [-0.39, 0.29) is 43.3 Å². The molecule has 38 heavy (non-hydrogen) atoms. The Bertz CT molecular complexity index is 867. The van der Waals surface area contributed by atoms with Crippen LogP contribution in [0, 0.1) is 11.8 Å². The average Bonchev–Trinajstić information content (AvgIpc) is 3.14. The fourth-order valence-electron chi connectivity index (χ4n) is 3.25. The van der Waals surface area contributed by atoms with Crippen molar-refractivity contribution < 1.29 is 42.4 Å². The molecule has 1 heterocycles. The number of carbonyl (C=O) groups is 2. The molecule has 4 atom stereocenters. The fraction of sp³-hybridized carbons (Fsp3) is 0.714. The molecule has 1 aromatic carbocycles. The molecule has 1 unspecified atom stereocenters. The zero-order valence-corrected chi connectivity index (χ0v) is 25.4. The van der Waals surface area contributed by atoms with Crippen molar-refractivity contribution in [3.63, 3.8) is 0 Å². The maximum atomic E-state index is 12.6. The van der Waals surface area contributed by atoms with E-state index in [0.717, 1.165) is 5.56 Å². The lowest BCUT2D eigenvalue weighted by Crippen LogP contribution is -2.46. The van der Waals surface area contributed by atoms with Crippen LogP contribution in [-0.4, -0.2) is 65.1 Å². The lowest BCUT2D eigenvalue weighted by atomic mass is 10.1. The van der Waals surface area contributed by atoms with Crippen LogP contribution >= 0.6 is 0 Å². The molecule has 0 spiro atoms. The molecule has 1 aliphatic rings. The van der Waals surface area contributed by atoms with Crippen molar-refractivity contribution in [2.45, 2.75) is 97.8 Å². The fourth-order valence-corrected chi connectivity index (χ4v) is 4.26. The topological polar surface area (TPSA) is 98.8 Å². The van der Waals surface area contributed by atoms with Crippen LogP contribution in [0.2, 0.25) is 18.1 Å². The van der Waals surface area contributed by atoms with Gasteiger partial charge in [0.15, 0.2) is 26.8 Å². The molecule has 0 aliphatic carbocycles. The van der Waals surface area contributed by atoms with Crippen LogP contribution in [0.1, 0.15) is 54.0 Å². The largest absolute Gasteiger partial charge is 0.508 e. The van der Waals surface area contributed by atoms with Gasteiger partial charge in [-0.1, -0.05) is 78.8 Å². The minimum Gasteiger partial charge on any atom is -0.434 e. The van der Waals surface area contributed by atoms with E-state index in [0.29, 0.717) is 0 Å². The van der Waals surface area contributed by atoms with E-state index in [1.807, 2.05) is 58.0 Å². The second-order valence-corrected chi connectivity index (χ2v) is 16.8. The molecule has 0 amide bonds. The van der Waals surface area contributed by atoms with Crippen LogP contribution in [0.4, 0.5) is 9.59 Å². The van der Waals surface area contributed by atoms with Crippen LogP contribution in [0.25, 0.3) is 0 Å². The Morgan fingerprint density at radius 1 is 0.895 bits per heavy atom. The van der Waals surface area contributed by atoms with Crippen LogP contribution < -0.4 is 0 Å². The van der Waals surface area contributed by atoms with Gasteiger partial charge in [-0.25, -0.2) is 9.59 Å². The highest BCUT2D eigenvalue weighted by molar-refractivity contribution is 6.74. The predicted octanol–water partition coefficient (Wildman–Crippen LogP) is 6.31. The molecule has 9 nitrogen and oxygen atoms in total. The molecule has 1 saturated heterocycles. The third kappa shape index (κ3) is 10.2. The molecule has 0 aromatic heterocycles. The van der Waals surface area contributed by atoms with E-state index in [4.69, 9.17) is 32.8 Å². The zero-order valence-electron chi connectivity index (χ0n) is 24.4. The van der Waals surface area contributed by atoms with E-state index in [2.05, 4.69) is 33.9 Å². The Kier molecular flexibility index (Phi) is 12.1. The zero-order chi connectivity index (χ0) is 28.5. The summed E-state index contributed by atoms with van der Waals surface area (Å²) in [4.78, 5) is 25.2. The molecule has 0 radical (unpaired) electrons. The second-order valence-electron chi connectivity index (χ2n) is 12.0. The lowest BCUT2D eigenvalue weighted by molar-refractivity contribution is -0.179. The van der Waals surface area contributed by atoms with Crippen molar-refractivity contribution in [3.8, 4) is 0 Å². The van der Waals surface area contributed by atoms with E-state index in [9.17, 15) is 9.59 Å². The Hall–Kier alpha value is -2.14.